The van der Waals surface area contributed by atoms with Crippen molar-refractivity contribution in [2.75, 3.05) is 5.32 Å². The van der Waals surface area contributed by atoms with E-state index in [1.807, 2.05) is 31.2 Å². The van der Waals surface area contributed by atoms with Gasteiger partial charge in [0.15, 0.2) is 0 Å². The smallest absolute Gasteiger partial charge is 0.262 e. The number of nitrogens with zero attached hydrogens (tertiary/aromatic N) is 2. The molecule has 1 amide bonds. The van der Waals surface area contributed by atoms with Crippen LogP contribution in [-0.4, -0.2) is 20.7 Å². The highest BCUT2D eigenvalue weighted by atomic mass is 79.9. The number of amides is 1. The van der Waals surface area contributed by atoms with Gasteiger partial charge in [-0.15, -0.1) is 0 Å². The molecule has 0 fully saturated rings. The largest absolute Gasteiger partial charge is 0.326 e. The number of hydrogen-bond acceptors (Lipinski definition) is 3. The second-order valence-electron chi connectivity index (χ2n) is 5.78. The van der Waals surface area contributed by atoms with E-state index in [0.717, 1.165) is 21.3 Å². The van der Waals surface area contributed by atoms with Crippen LogP contribution >= 0.6 is 15.9 Å². The number of pyridine rings is 1. The molecule has 7 heteroatoms. The van der Waals surface area contributed by atoms with E-state index in [-0.39, 0.29) is 5.56 Å². The number of aryl methyl sites for hydroxylation is 3. The maximum absolute atomic E-state index is 12.6. The number of H-pyrrole nitrogens is 1. The number of benzene rings is 1. The summed E-state index contributed by atoms with van der Waals surface area (Å²) in [4.78, 5) is 27.2. The molecular weight excluding hydrogens is 384 g/mol. The number of anilines is 1. The molecule has 0 aliphatic heterocycles. The van der Waals surface area contributed by atoms with E-state index in [9.17, 15) is 9.59 Å². The molecule has 0 radical (unpaired) electrons. The first-order valence-electron chi connectivity index (χ1n) is 7.67. The minimum absolute atomic E-state index is 0.0613. The first-order valence-corrected chi connectivity index (χ1v) is 8.47. The predicted octanol–water partition coefficient (Wildman–Crippen LogP) is 3.41. The van der Waals surface area contributed by atoms with Gasteiger partial charge in [0, 0.05) is 22.8 Å². The van der Waals surface area contributed by atoms with Crippen molar-refractivity contribution in [2.45, 2.75) is 13.8 Å². The summed E-state index contributed by atoms with van der Waals surface area (Å²) in [5.74, 6) is 0.0763. The normalized spacial score (nSPS) is 10.7. The number of rotatable bonds is 3. The fourth-order valence-electron chi connectivity index (χ4n) is 2.69. The minimum atomic E-state index is -0.470. The van der Waals surface area contributed by atoms with Crippen LogP contribution < -0.4 is 10.9 Å². The van der Waals surface area contributed by atoms with Crippen molar-refractivity contribution in [3.05, 3.63) is 68.2 Å². The van der Waals surface area contributed by atoms with Gasteiger partial charge in [-0.1, -0.05) is 28.1 Å². The third kappa shape index (κ3) is 3.41. The molecule has 0 bridgehead atoms. The van der Waals surface area contributed by atoms with Gasteiger partial charge in [0.1, 0.15) is 11.4 Å². The van der Waals surface area contributed by atoms with Crippen molar-refractivity contribution < 1.29 is 4.79 Å². The molecule has 6 nitrogen and oxygen atoms in total. The third-order valence-corrected chi connectivity index (χ3v) is 4.42. The van der Waals surface area contributed by atoms with Crippen LogP contribution in [0.5, 0.6) is 0 Å². The Hall–Kier alpha value is -2.67. The number of hydrogen-bond donors (Lipinski definition) is 2. The van der Waals surface area contributed by atoms with E-state index < -0.39 is 11.5 Å². The Morgan fingerprint density at radius 2 is 1.84 bits per heavy atom. The summed E-state index contributed by atoms with van der Waals surface area (Å²) in [5.41, 5.74) is 2.90. The molecule has 0 spiro atoms. The molecule has 1 aromatic carbocycles. The van der Waals surface area contributed by atoms with Crippen LogP contribution in [0.4, 0.5) is 5.82 Å². The average molecular weight is 401 g/mol. The zero-order valence-electron chi connectivity index (χ0n) is 14.1. The summed E-state index contributed by atoms with van der Waals surface area (Å²) in [6, 6.07) is 11.0. The summed E-state index contributed by atoms with van der Waals surface area (Å²) in [7, 11) is 1.75. The van der Waals surface area contributed by atoms with Crippen LogP contribution in [0.3, 0.4) is 0 Å². The zero-order valence-corrected chi connectivity index (χ0v) is 15.6. The standard InChI is InChI=1S/C18H17BrN4O2/c1-10-4-9-14(17(24)20-10)18(25)21-16-15(11(2)22-23(16)3)12-5-7-13(19)8-6-12/h4-9H,1-3H3,(H,20,24)(H,21,25). The van der Waals surface area contributed by atoms with Gasteiger partial charge < -0.3 is 10.3 Å². The summed E-state index contributed by atoms with van der Waals surface area (Å²) < 4.78 is 2.57. The molecule has 3 rings (SSSR count). The number of nitrogens with one attached hydrogen (secondary N) is 2. The number of halogens is 1. The van der Waals surface area contributed by atoms with Gasteiger partial charge in [-0.25, -0.2) is 0 Å². The Morgan fingerprint density at radius 3 is 2.48 bits per heavy atom. The molecule has 0 saturated carbocycles. The summed E-state index contributed by atoms with van der Waals surface area (Å²) in [6.45, 7) is 3.64. The molecule has 2 heterocycles. The third-order valence-electron chi connectivity index (χ3n) is 3.89. The number of carbonyl (C=O) groups excluding carboxylic acids is 1. The lowest BCUT2D eigenvalue weighted by Crippen LogP contribution is -2.24. The highest BCUT2D eigenvalue weighted by Gasteiger charge is 2.19. The number of aromatic amines is 1. The zero-order chi connectivity index (χ0) is 18.1. The van der Waals surface area contributed by atoms with E-state index in [4.69, 9.17) is 0 Å². The van der Waals surface area contributed by atoms with E-state index in [1.165, 1.54) is 6.07 Å². The molecule has 0 aliphatic rings. The van der Waals surface area contributed by atoms with Gasteiger partial charge in [0.25, 0.3) is 11.5 Å². The molecule has 3 aromatic rings. The van der Waals surface area contributed by atoms with Crippen molar-refractivity contribution in [1.29, 1.82) is 0 Å². The van der Waals surface area contributed by atoms with Crippen molar-refractivity contribution in [3.8, 4) is 11.1 Å². The van der Waals surface area contributed by atoms with Gasteiger partial charge >= 0.3 is 0 Å². The second-order valence-corrected chi connectivity index (χ2v) is 6.69. The van der Waals surface area contributed by atoms with Crippen molar-refractivity contribution in [3.63, 3.8) is 0 Å². The topological polar surface area (TPSA) is 79.8 Å². The molecule has 25 heavy (non-hydrogen) atoms. The van der Waals surface area contributed by atoms with E-state index in [0.29, 0.717) is 11.5 Å². The lowest BCUT2D eigenvalue weighted by atomic mass is 10.1. The van der Waals surface area contributed by atoms with Gasteiger partial charge in [-0.3, -0.25) is 14.3 Å². The lowest BCUT2D eigenvalue weighted by Gasteiger charge is -2.09. The van der Waals surface area contributed by atoms with Crippen LogP contribution in [0, 0.1) is 13.8 Å². The van der Waals surface area contributed by atoms with Crippen molar-refractivity contribution >= 4 is 27.7 Å². The molecule has 2 aromatic heterocycles. The van der Waals surface area contributed by atoms with E-state index in [2.05, 4.69) is 31.3 Å². The quantitative estimate of drug-likeness (QED) is 0.706. The predicted molar refractivity (Wildman–Crippen MR) is 101 cm³/mol. The van der Waals surface area contributed by atoms with Gasteiger partial charge in [0.05, 0.1) is 5.69 Å². The molecule has 0 aliphatic carbocycles. The Bertz CT molecular complexity index is 1000. The van der Waals surface area contributed by atoms with Gasteiger partial charge in [-0.05, 0) is 43.7 Å². The summed E-state index contributed by atoms with van der Waals surface area (Å²) in [6.07, 6.45) is 0. The maximum Gasteiger partial charge on any atom is 0.262 e. The molecule has 0 unspecified atom stereocenters. The molecule has 128 valence electrons. The van der Waals surface area contributed by atoms with Crippen LogP contribution in [0.1, 0.15) is 21.7 Å². The van der Waals surface area contributed by atoms with E-state index >= 15 is 0 Å². The molecule has 0 atom stereocenters. The lowest BCUT2D eigenvalue weighted by molar-refractivity contribution is 0.102. The average Bonchev–Trinajstić information content (AvgIpc) is 2.82. The Balaban J connectivity index is 2.02. The first-order chi connectivity index (χ1) is 11.9. The molecule has 0 saturated heterocycles. The van der Waals surface area contributed by atoms with Crippen molar-refractivity contribution in [2.24, 2.45) is 7.05 Å². The van der Waals surface area contributed by atoms with Crippen molar-refractivity contribution in [1.82, 2.24) is 14.8 Å². The number of carbonyl (C=O) groups is 1. The molecular formula is C18H17BrN4O2. The highest BCUT2D eigenvalue weighted by Crippen LogP contribution is 2.32. The number of aromatic nitrogens is 3. The Labute approximate surface area is 153 Å². The van der Waals surface area contributed by atoms with Crippen LogP contribution in [0.15, 0.2) is 45.7 Å². The van der Waals surface area contributed by atoms with Gasteiger partial charge in [-0.2, -0.15) is 5.10 Å². The fraction of sp³-hybridized carbons (Fsp3) is 0.167. The fourth-order valence-corrected chi connectivity index (χ4v) is 2.95. The van der Waals surface area contributed by atoms with Gasteiger partial charge in [0.2, 0.25) is 0 Å². The Morgan fingerprint density at radius 1 is 1.16 bits per heavy atom. The summed E-state index contributed by atoms with van der Waals surface area (Å²) in [5, 5.41) is 7.22. The molecule has 2 N–H and O–H groups in total. The summed E-state index contributed by atoms with van der Waals surface area (Å²) >= 11 is 3.42. The van der Waals surface area contributed by atoms with E-state index in [1.54, 1.807) is 24.7 Å². The Kier molecular flexibility index (Phi) is 4.59. The van der Waals surface area contributed by atoms with Crippen LogP contribution in [0.25, 0.3) is 11.1 Å². The SMILES string of the molecule is Cc1ccc(C(=O)Nc2c(-c3ccc(Br)cc3)c(C)nn2C)c(=O)[nH]1. The minimum Gasteiger partial charge on any atom is -0.326 e. The second kappa shape index (κ2) is 6.68. The highest BCUT2D eigenvalue weighted by molar-refractivity contribution is 9.10. The first kappa shape index (κ1) is 17.2. The van der Waals surface area contributed by atoms with Crippen LogP contribution in [-0.2, 0) is 7.05 Å². The maximum atomic E-state index is 12.6. The monoisotopic (exact) mass is 400 g/mol. The van der Waals surface area contributed by atoms with Crippen LogP contribution in [0.2, 0.25) is 0 Å².